The molecule has 1 aromatic heterocycles. The van der Waals surface area contributed by atoms with Crippen molar-refractivity contribution in [3.63, 3.8) is 0 Å². The number of rotatable bonds is 4. The fourth-order valence-corrected chi connectivity index (χ4v) is 2.77. The van der Waals surface area contributed by atoms with Gasteiger partial charge in [0.25, 0.3) is 5.91 Å². The maximum atomic E-state index is 12.1. The van der Waals surface area contributed by atoms with Gasteiger partial charge in [-0.15, -0.1) is 23.7 Å². The van der Waals surface area contributed by atoms with Gasteiger partial charge in [-0.1, -0.05) is 0 Å². The van der Waals surface area contributed by atoms with Crippen LogP contribution in [0.3, 0.4) is 0 Å². The molecule has 2 aromatic rings. The van der Waals surface area contributed by atoms with Gasteiger partial charge >= 0.3 is 0 Å². The smallest absolute Gasteiger partial charge is 0.263 e. The number of halogens is 1. The molecule has 0 atom stereocenters. The molecule has 23 heavy (non-hydrogen) atoms. The lowest BCUT2D eigenvalue weighted by molar-refractivity contribution is 0.0950. The molecule has 6 nitrogen and oxygen atoms in total. The van der Waals surface area contributed by atoms with E-state index in [1.54, 1.807) is 6.20 Å². The number of hydrogen-bond acceptors (Lipinski definition) is 6. The van der Waals surface area contributed by atoms with E-state index in [1.807, 2.05) is 32.0 Å². The van der Waals surface area contributed by atoms with Crippen molar-refractivity contribution < 1.29 is 14.3 Å². The molecular formula is C15H18ClN3O3S. The van der Waals surface area contributed by atoms with Crippen molar-refractivity contribution >= 4 is 29.7 Å². The number of thiazole rings is 1. The zero-order valence-electron chi connectivity index (χ0n) is 12.8. The van der Waals surface area contributed by atoms with Crippen molar-refractivity contribution in [1.29, 1.82) is 0 Å². The van der Waals surface area contributed by atoms with E-state index in [4.69, 9.17) is 15.2 Å². The van der Waals surface area contributed by atoms with Gasteiger partial charge in [-0.05, 0) is 32.0 Å². The van der Waals surface area contributed by atoms with Crippen LogP contribution in [0, 0.1) is 0 Å². The second-order valence-electron chi connectivity index (χ2n) is 5.77. The molecule has 3 N–H and O–H groups in total. The standard InChI is InChI=1S/C15H17N3O3S.ClH/c1-15(2,16)7-18-13(19)12-6-17-14(22-12)9-3-4-10-11(5-9)21-8-20-10;/h3-6H,7-8,16H2,1-2H3,(H,18,19);1H. The van der Waals surface area contributed by atoms with Gasteiger partial charge < -0.3 is 20.5 Å². The van der Waals surface area contributed by atoms with Crippen LogP contribution in [0.15, 0.2) is 24.4 Å². The average molecular weight is 356 g/mol. The minimum atomic E-state index is -0.444. The topological polar surface area (TPSA) is 86.5 Å². The first-order chi connectivity index (χ1) is 10.4. The molecule has 0 saturated carbocycles. The molecule has 1 aliphatic rings. The highest BCUT2D eigenvalue weighted by atomic mass is 35.5. The average Bonchev–Trinajstić information content (AvgIpc) is 3.11. The quantitative estimate of drug-likeness (QED) is 0.879. The normalized spacial score (nSPS) is 12.7. The molecule has 0 spiro atoms. The molecule has 0 unspecified atom stereocenters. The first kappa shape index (κ1) is 17.5. The van der Waals surface area contributed by atoms with Gasteiger partial charge in [0.05, 0.1) is 6.20 Å². The molecule has 0 radical (unpaired) electrons. The van der Waals surface area contributed by atoms with Gasteiger partial charge in [-0.2, -0.15) is 0 Å². The van der Waals surface area contributed by atoms with E-state index in [9.17, 15) is 4.79 Å². The maximum Gasteiger partial charge on any atom is 0.263 e. The van der Waals surface area contributed by atoms with Gasteiger partial charge in [0.1, 0.15) is 9.88 Å². The van der Waals surface area contributed by atoms with E-state index in [0.717, 1.165) is 16.3 Å². The Kier molecular flexibility index (Phi) is 5.13. The van der Waals surface area contributed by atoms with E-state index >= 15 is 0 Å². The first-order valence-electron chi connectivity index (χ1n) is 6.85. The largest absolute Gasteiger partial charge is 0.454 e. The number of nitrogens with zero attached hydrogens (tertiary/aromatic N) is 1. The van der Waals surface area contributed by atoms with Crippen molar-refractivity contribution in [3.8, 4) is 22.1 Å². The molecule has 1 aliphatic heterocycles. The third-order valence-electron chi connectivity index (χ3n) is 3.05. The van der Waals surface area contributed by atoms with Crippen LogP contribution in [0.1, 0.15) is 23.5 Å². The second-order valence-corrected chi connectivity index (χ2v) is 6.80. The van der Waals surface area contributed by atoms with Gasteiger partial charge in [-0.25, -0.2) is 4.98 Å². The van der Waals surface area contributed by atoms with Crippen LogP contribution >= 0.6 is 23.7 Å². The Bertz CT molecular complexity index is 712. The molecule has 8 heteroatoms. The molecule has 1 aromatic carbocycles. The first-order valence-corrected chi connectivity index (χ1v) is 7.67. The zero-order chi connectivity index (χ0) is 15.7. The SMILES string of the molecule is CC(C)(N)CNC(=O)c1cnc(-c2ccc3c(c2)OCO3)s1.Cl. The second kappa shape index (κ2) is 6.74. The summed E-state index contributed by atoms with van der Waals surface area (Å²) in [6.07, 6.45) is 1.57. The van der Waals surface area contributed by atoms with E-state index < -0.39 is 5.54 Å². The zero-order valence-corrected chi connectivity index (χ0v) is 14.4. The predicted molar refractivity (Wildman–Crippen MR) is 91.5 cm³/mol. The highest BCUT2D eigenvalue weighted by Gasteiger charge is 2.18. The Labute approximate surface area is 144 Å². The highest BCUT2D eigenvalue weighted by Crippen LogP contribution is 2.36. The molecular weight excluding hydrogens is 338 g/mol. The van der Waals surface area contributed by atoms with Crippen molar-refractivity contribution in [2.45, 2.75) is 19.4 Å². The van der Waals surface area contributed by atoms with Gasteiger partial charge in [0.2, 0.25) is 6.79 Å². The number of aromatic nitrogens is 1. The lowest BCUT2D eigenvalue weighted by atomic mass is 10.1. The Hall–Kier alpha value is -1.83. The Morgan fingerprint density at radius 1 is 1.39 bits per heavy atom. The lowest BCUT2D eigenvalue weighted by Gasteiger charge is -2.18. The summed E-state index contributed by atoms with van der Waals surface area (Å²) < 4.78 is 10.6. The van der Waals surface area contributed by atoms with Crippen LogP contribution in [-0.2, 0) is 0 Å². The Balaban J connectivity index is 0.00000192. The Morgan fingerprint density at radius 3 is 2.87 bits per heavy atom. The molecule has 1 amide bonds. The fraction of sp³-hybridized carbons (Fsp3) is 0.333. The third-order valence-corrected chi connectivity index (χ3v) is 4.10. The molecule has 124 valence electrons. The number of fused-ring (bicyclic) bond motifs is 1. The molecule has 2 heterocycles. The molecule has 0 saturated heterocycles. The third kappa shape index (κ3) is 4.13. The fourth-order valence-electron chi connectivity index (χ4n) is 1.94. The number of ether oxygens (including phenoxy) is 2. The van der Waals surface area contributed by atoms with Crippen LogP contribution in [0.2, 0.25) is 0 Å². The summed E-state index contributed by atoms with van der Waals surface area (Å²) in [6.45, 7) is 4.36. The molecule has 0 aliphatic carbocycles. The predicted octanol–water partition coefficient (Wildman–Crippen LogP) is 2.43. The highest BCUT2D eigenvalue weighted by molar-refractivity contribution is 7.16. The van der Waals surface area contributed by atoms with Crippen LogP contribution in [0.25, 0.3) is 10.6 Å². The van der Waals surface area contributed by atoms with Gasteiger partial charge in [-0.3, -0.25) is 4.79 Å². The number of benzene rings is 1. The minimum absolute atomic E-state index is 0. The number of nitrogens with two attached hydrogens (primary N) is 1. The van der Waals surface area contributed by atoms with Gasteiger partial charge in [0.15, 0.2) is 11.5 Å². The Morgan fingerprint density at radius 2 is 2.13 bits per heavy atom. The summed E-state index contributed by atoms with van der Waals surface area (Å²) >= 11 is 1.33. The van der Waals surface area contributed by atoms with Crippen LogP contribution in [0.4, 0.5) is 0 Å². The summed E-state index contributed by atoms with van der Waals surface area (Å²) in [6, 6.07) is 5.61. The van der Waals surface area contributed by atoms with E-state index in [1.165, 1.54) is 11.3 Å². The van der Waals surface area contributed by atoms with Crippen molar-refractivity contribution in [2.75, 3.05) is 13.3 Å². The number of carbonyl (C=O) groups excluding carboxylic acids is 1. The number of nitrogens with one attached hydrogen (secondary N) is 1. The minimum Gasteiger partial charge on any atom is -0.454 e. The summed E-state index contributed by atoms with van der Waals surface area (Å²) in [7, 11) is 0. The number of carbonyl (C=O) groups is 1. The van der Waals surface area contributed by atoms with Crippen molar-refractivity contribution in [2.24, 2.45) is 5.73 Å². The van der Waals surface area contributed by atoms with E-state index in [0.29, 0.717) is 17.2 Å². The van der Waals surface area contributed by atoms with Gasteiger partial charge in [0, 0.05) is 17.6 Å². The number of hydrogen-bond donors (Lipinski definition) is 2. The van der Waals surface area contributed by atoms with Crippen molar-refractivity contribution in [3.05, 3.63) is 29.3 Å². The molecule has 0 bridgehead atoms. The summed E-state index contributed by atoms with van der Waals surface area (Å²) in [5.41, 5.74) is 6.31. The van der Waals surface area contributed by atoms with E-state index in [2.05, 4.69) is 10.3 Å². The lowest BCUT2D eigenvalue weighted by Crippen LogP contribution is -2.44. The summed E-state index contributed by atoms with van der Waals surface area (Å²) in [5.74, 6) is 1.26. The van der Waals surface area contributed by atoms with Crippen LogP contribution < -0.4 is 20.5 Å². The number of amides is 1. The maximum absolute atomic E-state index is 12.1. The van der Waals surface area contributed by atoms with Crippen LogP contribution in [-0.4, -0.2) is 29.8 Å². The van der Waals surface area contributed by atoms with Crippen LogP contribution in [0.5, 0.6) is 11.5 Å². The molecule has 0 fully saturated rings. The summed E-state index contributed by atoms with van der Waals surface area (Å²) in [4.78, 5) is 16.9. The monoisotopic (exact) mass is 355 g/mol. The van der Waals surface area contributed by atoms with Crippen molar-refractivity contribution in [1.82, 2.24) is 10.3 Å². The molecule has 3 rings (SSSR count). The van der Waals surface area contributed by atoms with E-state index in [-0.39, 0.29) is 25.1 Å². The summed E-state index contributed by atoms with van der Waals surface area (Å²) in [5, 5.41) is 3.57.